The first-order chi connectivity index (χ1) is 11.2. The molecule has 0 radical (unpaired) electrons. The summed E-state index contributed by atoms with van der Waals surface area (Å²) in [6.07, 6.45) is 20.9. The van der Waals surface area contributed by atoms with Crippen molar-refractivity contribution in [1.82, 2.24) is 0 Å². The van der Waals surface area contributed by atoms with E-state index >= 15 is 0 Å². The third kappa shape index (κ3) is 10.3. The fourth-order valence-corrected chi connectivity index (χ4v) is 3.03. The van der Waals surface area contributed by atoms with Gasteiger partial charge in [0.2, 0.25) is 0 Å². The molecule has 1 unspecified atom stereocenters. The molecule has 1 aliphatic rings. The maximum absolute atomic E-state index is 11.3. The van der Waals surface area contributed by atoms with E-state index in [-0.39, 0.29) is 17.9 Å². The Morgan fingerprint density at radius 3 is 2.00 bits per heavy atom. The van der Waals surface area contributed by atoms with Crippen LogP contribution in [-0.2, 0) is 14.3 Å². The van der Waals surface area contributed by atoms with E-state index in [4.69, 9.17) is 0 Å². The Bertz CT molecular complexity index is 360. The average Bonchev–Trinajstić information content (AvgIpc) is 2.85. The molecule has 1 fully saturated rings. The third-order valence-electron chi connectivity index (χ3n) is 4.53. The van der Waals surface area contributed by atoms with Crippen LogP contribution in [0.25, 0.3) is 0 Å². The van der Waals surface area contributed by atoms with E-state index in [1.807, 2.05) is 0 Å². The Labute approximate surface area is 141 Å². The summed E-state index contributed by atoms with van der Waals surface area (Å²) >= 11 is 0. The number of rotatable bonds is 14. The van der Waals surface area contributed by atoms with Crippen molar-refractivity contribution in [2.24, 2.45) is 5.92 Å². The van der Waals surface area contributed by atoms with Gasteiger partial charge in [-0.25, -0.2) is 0 Å². The highest BCUT2D eigenvalue weighted by molar-refractivity contribution is 5.94. The van der Waals surface area contributed by atoms with Gasteiger partial charge in [-0.1, -0.05) is 70.4 Å². The molecule has 1 saturated heterocycles. The lowest BCUT2D eigenvalue weighted by Gasteiger charge is -2.04. The molecule has 0 saturated carbocycles. The van der Waals surface area contributed by atoms with Gasteiger partial charge in [-0.05, 0) is 32.1 Å². The molecule has 1 heterocycles. The minimum Gasteiger partial charge on any atom is -0.393 e. The monoisotopic (exact) mass is 322 g/mol. The molecule has 0 aromatic heterocycles. The summed E-state index contributed by atoms with van der Waals surface area (Å²) in [6, 6.07) is 0. The van der Waals surface area contributed by atoms with Crippen molar-refractivity contribution in [2.75, 3.05) is 0 Å². The van der Waals surface area contributed by atoms with Crippen LogP contribution in [0.3, 0.4) is 0 Å². The van der Waals surface area contributed by atoms with Crippen LogP contribution in [0.15, 0.2) is 12.2 Å². The second-order valence-electron chi connectivity index (χ2n) is 6.71. The minimum atomic E-state index is -0.349. The molecule has 1 atom stereocenters. The predicted molar refractivity (Wildman–Crippen MR) is 94.0 cm³/mol. The van der Waals surface area contributed by atoms with Crippen LogP contribution in [0, 0.1) is 5.92 Å². The zero-order chi connectivity index (χ0) is 16.8. The lowest BCUT2D eigenvalue weighted by Crippen LogP contribution is -2.06. The average molecular weight is 322 g/mol. The molecule has 3 heteroatoms. The molecule has 0 aliphatic carbocycles. The Kier molecular flexibility index (Phi) is 11.5. The van der Waals surface area contributed by atoms with Crippen LogP contribution in [0.4, 0.5) is 0 Å². The summed E-state index contributed by atoms with van der Waals surface area (Å²) in [5.74, 6) is -0.820. The largest absolute Gasteiger partial charge is 0.393 e. The third-order valence-corrected chi connectivity index (χ3v) is 4.53. The zero-order valence-corrected chi connectivity index (χ0v) is 14.9. The van der Waals surface area contributed by atoms with Gasteiger partial charge in [0.05, 0.1) is 12.3 Å². The number of carbonyl (C=O) groups excluding carboxylic acids is 2. The van der Waals surface area contributed by atoms with Gasteiger partial charge in [-0.3, -0.25) is 9.59 Å². The molecular formula is C20H34O3. The summed E-state index contributed by atoms with van der Waals surface area (Å²) in [4.78, 5) is 22.3. The molecular weight excluding hydrogens is 288 g/mol. The lowest BCUT2D eigenvalue weighted by atomic mass is 9.99. The lowest BCUT2D eigenvalue weighted by molar-refractivity contribution is -0.153. The quantitative estimate of drug-likeness (QED) is 0.178. The van der Waals surface area contributed by atoms with Gasteiger partial charge in [-0.2, -0.15) is 0 Å². The minimum absolute atomic E-state index is 0.162. The number of allylic oxidation sites excluding steroid dienone is 2. The number of esters is 2. The summed E-state index contributed by atoms with van der Waals surface area (Å²) in [7, 11) is 0. The van der Waals surface area contributed by atoms with E-state index in [2.05, 4.69) is 23.8 Å². The molecule has 0 spiro atoms. The molecule has 1 aliphatic heterocycles. The molecule has 1 rings (SSSR count). The fraction of sp³-hybridized carbons (Fsp3) is 0.800. The highest BCUT2D eigenvalue weighted by Gasteiger charge is 2.32. The van der Waals surface area contributed by atoms with Crippen LogP contribution in [0.1, 0.15) is 96.8 Å². The maximum atomic E-state index is 11.3. The van der Waals surface area contributed by atoms with Crippen molar-refractivity contribution in [3.63, 3.8) is 0 Å². The van der Waals surface area contributed by atoms with Crippen LogP contribution >= 0.6 is 0 Å². The van der Waals surface area contributed by atoms with E-state index in [9.17, 15) is 9.59 Å². The molecule has 0 bridgehead atoms. The second-order valence-corrected chi connectivity index (χ2v) is 6.71. The van der Waals surface area contributed by atoms with Crippen LogP contribution in [0.5, 0.6) is 0 Å². The first-order valence-corrected chi connectivity index (χ1v) is 9.63. The van der Waals surface area contributed by atoms with E-state index in [0.717, 1.165) is 19.3 Å². The maximum Gasteiger partial charge on any atom is 0.317 e. The van der Waals surface area contributed by atoms with E-state index in [1.54, 1.807) is 0 Å². The number of hydrogen-bond acceptors (Lipinski definition) is 3. The Balaban J connectivity index is 1.80. The summed E-state index contributed by atoms with van der Waals surface area (Å²) in [6.45, 7) is 2.25. The van der Waals surface area contributed by atoms with E-state index < -0.39 is 0 Å². The van der Waals surface area contributed by atoms with Gasteiger partial charge >= 0.3 is 11.9 Å². The van der Waals surface area contributed by atoms with Crippen molar-refractivity contribution in [3.05, 3.63) is 12.2 Å². The summed E-state index contributed by atoms with van der Waals surface area (Å²) < 4.78 is 4.56. The van der Waals surface area contributed by atoms with Crippen LogP contribution in [-0.4, -0.2) is 11.9 Å². The molecule has 0 amide bonds. The molecule has 0 N–H and O–H groups in total. The topological polar surface area (TPSA) is 43.4 Å². The van der Waals surface area contributed by atoms with Gasteiger partial charge < -0.3 is 4.74 Å². The standard InChI is InChI=1S/C20H34O3/c1-2-3-4-5-6-7-8-9-10-11-12-13-14-15-16-18-17-19(21)23-20(18)22/h7-8,18H,2-6,9-17H2,1H3. The van der Waals surface area contributed by atoms with Crippen molar-refractivity contribution in [1.29, 1.82) is 0 Å². The molecule has 132 valence electrons. The summed E-state index contributed by atoms with van der Waals surface area (Å²) in [5, 5.41) is 0. The summed E-state index contributed by atoms with van der Waals surface area (Å²) in [5.41, 5.74) is 0. The number of unbranched alkanes of at least 4 members (excludes halogenated alkanes) is 10. The van der Waals surface area contributed by atoms with Gasteiger partial charge in [0.25, 0.3) is 0 Å². The van der Waals surface area contributed by atoms with Crippen molar-refractivity contribution < 1.29 is 14.3 Å². The predicted octanol–water partition coefficient (Wildman–Crippen LogP) is 5.72. The van der Waals surface area contributed by atoms with Gasteiger partial charge in [0.1, 0.15) is 0 Å². The van der Waals surface area contributed by atoms with Crippen molar-refractivity contribution in [3.8, 4) is 0 Å². The Morgan fingerprint density at radius 2 is 1.43 bits per heavy atom. The molecule has 23 heavy (non-hydrogen) atoms. The smallest absolute Gasteiger partial charge is 0.317 e. The van der Waals surface area contributed by atoms with Crippen LogP contribution < -0.4 is 0 Å². The first kappa shape index (κ1) is 19.9. The molecule has 0 aromatic rings. The van der Waals surface area contributed by atoms with Gasteiger partial charge in [0.15, 0.2) is 0 Å². The normalized spacial score (nSPS) is 18.0. The molecule has 0 aromatic carbocycles. The highest BCUT2D eigenvalue weighted by Crippen LogP contribution is 2.22. The van der Waals surface area contributed by atoms with Gasteiger partial charge in [-0.15, -0.1) is 0 Å². The first-order valence-electron chi connectivity index (χ1n) is 9.63. The molecule has 3 nitrogen and oxygen atoms in total. The van der Waals surface area contributed by atoms with Crippen molar-refractivity contribution in [2.45, 2.75) is 96.8 Å². The Hall–Kier alpha value is -1.12. The van der Waals surface area contributed by atoms with E-state index in [1.165, 1.54) is 64.2 Å². The number of hydrogen-bond donors (Lipinski definition) is 0. The number of cyclic esters (lactones) is 2. The number of carbonyl (C=O) groups is 2. The van der Waals surface area contributed by atoms with Gasteiger partial charge in [0, 0.05) is 0 Å². The number of ether oxygens (including phenoxy) is 1. The van der Waals surface area contributed by atoms with Crippen LogP contribution in [0.2, 0.25) is 0 Å². The SMILES string of the molecule is CCCCCCC=CCCCCCCCCC1CC(=O)OC1=O. The Morgan fingerprint density at radius 1 is 0.870 bits per heavy atom. The fourth-order valence-electron chi connectivity index (χ4n) is 3.03. The highest BCUT2D eigenvalue weighted by atomic mass is 16.6. The zero-order valence-electron chi connectivity index (χ0n) is 14.9. The van der Waals surface area contributed by atoms with Crippen molar-refractivity contribution >= 4 is 11.9 Å². The van der Waals surface area contributed by atoms with E-state index in [0.29, 0.717) is 6.42 Å². The second kappa shape index (κ2) is 13.3.